The first-order valence-corrected chi connectivity index (χ1v) is 31.1. The highest BCUT2D eigenvalue weighted by molar-refractivity contribution is 5.71. The van der Waals surface area contributed by atoms with Crippen LogP contribution in [0.15, 0.2) is 85.1 Å². The first-order chi connectivity index (χ1) is 36.0. The van der Waals surface area contributed by atoms with E-state index in [1.54, 1.807) is 0 Å². The number of allylic oxidation sites excluding steroid dienone is 14. The Bertz CT molecular complexity index is 1400. The summed E-state index contributed by atoms with van der Waals surface area (Å²) in [5, 5.41) is 0. The molecule has 0 radical (unpaired) electrons. The van der Waals surface area contributed by atoms with E-state index < -0.39 is 6.10 Å². The van der Waals surface area contributed by atoms with E-state index in [2.05, 4.69) is 106 Å². The number of carbonyl (C=O) groups excluding carboxylic acids is 3. The molecule has 1 atom stereocenters. The van der Waals surface area contributed by atoms with Crippen molar-refractivity contribution in [3.63, 3.8) is 0 Å². The van der Waals surface area contributed by atoms with Crippen LogP contribution >= 0.6 is 0 Å². The van der Waals surface area contributed by atoms with Gasteiger partial charge in [0.1, 0.15) is 13.2 Å². The predicted octanol–water partition coefficient (Wildman–Crippen LogP) is 21.1. The van der Waals surface area contributed by atoms with Crippen LogP contribution in [0.3, 0.4) is 0 Å². The van der Waals surface area contributed by atoms with Crippen LogP contribution in [0.4, 0.5) is 0 Å². The summed E-state index contributed by atoms with van der Waals surface area (Å²) in [4.78, 5) is 38.3. The smallest absolute Gasteiger partial charge is 0.306 e. The van der Waals surface area contributed by atoms with Crippen molar-refractivity contribution in [2.75, 3.05) is 13.2 Å². The molecule has 0 bridgehead atoms. The van der Waals surface area contributed by atoms with Gasteiger partial charge in [-0.3, -0.25) is 14.4 Å². The van der Waals surface area contributed by atoms with Crippen molar-refractivity contribution in [3.05, 3.63) is 85.1 Å². The molecule has 0 aliphatic carbocycles. The number of unbranched alkanes of at least 4 members (excludes halogenated alkanes) is 31. The van der Waals surface area contributed by atoms with E-state index in [9.17, 15) is 14.4 Å². The molecule has 0 saturated carbocycles. The van der Waals surface area contributed by atoms with Crippen LogP contribution in [-0.4, -0.2) is 37.2 Å². The third-order valence-corrected chi connectivity index (χ3v) is 13.4. The lowest BCUT2D eigenvalue weighted by atomic mass is 10.0. The summed E-state index contributed by atoms with van der Waals surface area (Å²) in [6, 6.07) is 0. The second kappa shape index (κ2) is 61.1. The van der Waals surface area contributed by atoms with E-state index in [0.717, 1.165) is 122 Å². The van der Waals surface area contributed by atoms with Crippen molar-refractivity contribution in [2.24, 2.45) is 0 Å². The Hall–Kier alpha value is -3.41. The minimum Gasteiger partial charge on any atom is -0.462 e. The molecule has 0 aromatic rings. The molecule has 420 valence electrons. The average Bonchev–Trinajstić information content (AvgIpc) is 3.39. The molecule has 0 N–H and O–H groups in total. The zero-order valence-electron chi connectivity index (χ0n) is 48.1. The summed E-state index contributed by atoms with van der Waals surface area (Å²) in [6.07, 6.45) is 80.1. The number of carbonyl (C=O) groups is 3. The largest absolute Gasteiger partial charge is 0.462 e. The Morgan fingerprint density at radius 1 is 0.288 bits per heavy atom. The fourth-order valence-electron chi connectivity index (χ4n) is 8.69. The van der Waals surface area contributed by atoms with E-state index in [0.29, 0.717) is 19.3 Å². The summed E-state index contributed by atoms with van der Waals surface area (Å²) in [7, 11) is 0. The summed E-state index contributed by atoms with van der Waals surface area (Å²) < 4.78 is 16.9. The van der Waals surface area contributed by atoms with Crippen LogP contribution in [0.1, 0.15) is 303 Å². The fourth-order valence-corrected chi connectivity index (χ4v) is 8.69. The zero-order valence-corrected chi connectivity index (χ0v) is 48.1. The average molecular weight is 1020 g/mol. The third kappa shape index (κ3) is 59.3. The number of esters is 3. The van der Waals surface area contributed by atoms with Gasteiger partial charge in [0.15, 0.2) is 6.10 Å². The molecule has 0 rings (SSSR count). The summed E-state index contributed by atoms with van der Waals surface area (Å²) in [5.74, 6) is -0.921. The number of hydrogen-bond donors (Lipinski definition) is 0. The molecule has 0 aromatic carbocycles. The Labute approximate surface area is 452 Å². The van der Waals surface area contributed by atoms with Gasteiger partial charge in [-0.05, 0) is 116 Å². The fraction of sp³-hybridized carbons (Fsp3) is 0.746. The van der Waals surface area contributed by atoms with Gasteiger partial charge >= 0.3 is 17.9 Å². The highest BCUT2D eigenvalue weighted by Gasteiger charge is 2.19. The highest BCUT2D eigenvalue weighted by Crippen LogP contribution is 2.16. The summed E-state index contributed by atoms with van der Waals surface area (Å²) in [6.45, 7) is 6.49. The maximum Gasteiger partial charge on any atom is 0.306 e. The summed E-state index contributed by atoms with van der Waals surface area (Å²) in [5.41, 5.74) is 0. The molecule has 73 heavy (non-hydrogen) atoms. The molecule has 0 heterocycles. The molecule has 0 fully saturated rings. The standard InChI is InChI=1S/C67H116O6/c1-4-7-10-13-16-19-22-25-28-30-31-32-33-34-35-37-39-42-45-48-51-54-57-60-66(69)72-63-64(62-71-65(68)59-56-53-50-47-44-41-38-27-24-21-18-15-12-9-6-3)73-67(70)61-58-55-52-49-46-43-40-36-29-26-23-20-17-14-11-8-5-2/h8,11,17-18,20-21,26-27,29-31,38,40,43,64H,4-7,9-10,12-16,19,22-25,28,32-37,39,41-42,44-63H2,1-3H3/b11-8-,20-17-,21-18-,29-26-,31-30-,38-27-,43-40-. The lowest BCUT2D eigenvalue weighted by molar-refractivity contribution is -0.167. The van der Waals surface area contributed by atoms with Crippen LogP contribution in [0, 0.1) is 0 Å². The van der Waals surface area contributed by atoms with Gasteiger partial charge in [-0.1, -0.05) is 254 Å². The quantitative estimate of drug-likeness (QED) is 0.0261. The number of ether oxygens (including phenoxy) is 3. The van der Waals surface area contributed by atoms with Crippen molar-refractivity contribution in [3.8, 4) is 0 Å². The predicted molar refractivity (Wildman–Crippen MR) is 316 cm³/mol. The van der Waals surface area contributed by atoms with E-state index in [-0.39, 0.29) is 31.1 Å². The number of rotatable bonds is 56. The van der Waals surface area contributed by atoms with Crippen LogP contribution in [0.2, 0.25) is 0 Å². The molecule has 0 amide bonds. The second-order valence-corrected chi connectivity index (χ2v) is 20.6. The summed E-state index contributed by atoms with van der Waals surface area (Å²) >= 11 is 0. The van der Waals surface area contributed by atoms with E-state index in [1.165, 1.54) is 141 Å². The van der Waals surface area contributed by atoms with Gasteiger partial charge in [-0.25, -0.2) is 0 Å². The molecule has 0 aromatic heterocycles. The van der Waals surface area contributed by atoms with Crippen molar-refractivity contribution >= 4 is 17.9 Å². The normalized spacial score (nSPS) is 12.6. The first-order valence-electron chi connectivity index (χ1n) is 31.1. The van der Waals surface area contributed by atoms with E-state index >= 15 is 0 Å². The SMILES string of the molecule is CC/C=C\C/C=C\C/C=C\C/C=C\CCCCCCC(=O)OC(COC(=O)CCCCCCC/C=C\C/C=C\CCCCC)COC(=O)CCCCCCCCCCCCC/C=C\CCCCCCCCCC. The van der Waals surface area contributed by atoms with Crippen LogP contribution in [0.5, 0.6) is 0 Å². The Balaban J connectivity index is 4.38. The lowest BCUT2D eigenvalue weighted by Crippen LogP contribution is -2.30. The molecule has 0 aliphatic heterocycles. The van der Waals surface area contributed by atoms with Crippen molar-refractivity contribution < 1.29 is 28.6 Å². The molecule has 6 heteroatoms. The molecule has 0 aliphatic rings. The number of hydrogen-bond acceptors (Lipinski definition) is 6. The minimum atomic E-state index is -0.797. The van der Waals surface area contributed by atoms with Crippen molar-refractivity contribution in [1.29, 1.82) is 0 Å². The molecule has 1 unspecified atom stereocenters. The topological polar surface area (TPSA) is 78.9 Å². The molecular weight excluding hydrogens is 901 g/mol. The third-order valence-electron chi connectivity index (χ3n) is 13.4. The Morgan fingerprint density at radius 2 is 0.534 bits per heavy atom. The van der Waals surface area contributed by atoms with Gasteiger partial charge in [0, 0.05) is 19.3 Å². The molecule has 6 nitrogen and oxygen atoms in total. The van der Waals surface area contributed by atoms with Gasteiger partial charge in [-0.15, -0.1) is 0 Å². The minimum absolute atomic E-state index is 0.0908. The molecular formula is C67H116O6. The molecule has 0 saturated heterocycles. The van der Waals surface area contributed by atoms with E-state index in [4.69, 9.17) is 14.2 Å². The van der Waals surface area contributed by atoms with Gasteiger partial charge in [0.05, 0.1) is 0 Å². The van der Waals surface area contributed by atoms with Crippen molar-refractivity contribution in [2.45, 2.75) is 309 Å². The van der Waals surface area contributed by atoms with Crippen LogP contribution < -0.4 is 0 Å². The second-order valence-electron chi connectivity index (χ2n) is 20.6. The van der Waals surface area contributed by atoms with Gasteiger partial charge < -0.3 is 14.2 Å². The van der Waals surface area contributed by atoms with Gasteiger partial charge in [0.2, 0.25) is 0 Å². The first kappa shape index (κ1) is 69.6. The highest BCUT2D eigenvalue weighted by atomic mass is 16.6. The van der Waals surface area contributed by atoms with Gasteiger partial charge in [-0.2, -0.15) is 0 Å². The Morgan fingerprint density at radius 3 is 0.877 bits per heavy atom. The van der Waals surface area contributed by atoms with Crippen molar-refractivity contribution in [1.82, 2.24) is 0 Å². The van der Waals surface area contributed by atoms with Crippen LogP contribution in [0.25, 0.3) is 0 Å². The lowest BCUT2D eigenvalue weighted by Gasteiger charge is -2.18. The van der Waals surface area contributed by atoms with Crippen LogP contribution in [-0.2, 0) is 28.6 Å². The maximum atomic E-state index is 12.9. The maximum absolute atomic E-state index is 12.9. The monoisotopic (exact) mass is 1020 g/mol. The zero-order chi connectivity index (χ0) is 52.9. The molecule has 0 spiro atoms. The Kier molecular flexibility index (Phi) is 58.3. The van der Waals surface area contributed by atoms with Gasteiger partial charge in [0.25, 0.3) is 0 Å². The van der Waals surface area contributed by atoms with E-state index in [1.807, 2.05) is 0 Å².